The van der Waals surface area contributed by atoms with Gasteiger partial charge in [0, 0.05) is 28.9 Å². The van der Waals surface area contributed by atoms with Crippen LogP contribution < -0.4 is 15.2 Å². The summed E-state index contributed by atoms with van der Waals surface area (Å²) >= 11 is 0. The quantitative estimate of drug-likeness (QED) is 0.664. The number of nitrogens with two attached hydrogens (primary N) is 1. The zero-order valence-electron chi connectivity index (χ0n) is 16.9. The molecule has 0 bridgehead atoms. The zero-order valence-corrected chi connectivity index (χ0v) is 16.9. The number of H-pyrrole nitrogens is 1. The van der Waals surface area contributed by atoms with Gasteiger partial charge in [-0.05, 0) is 46.0 Å². The van der Waals surface area contributed by atoms with E-state index in [1.54, 1.807) is 12.5 Å². The molecule has 2 aromatic heterocycles. The summed E-state index contributed by atoms with van der Waals surface area (Å²) in [5.41, 5.74) is 10.0. The fourth-order valence-corrected chi connectivity index (χ4v) is 3.41. The summed E-state index contributed by atoms with van der Waals surface area (Å²) in [4.78, 5) is 26.2. The summed E-state index contributed by atoms with van der Waals surface area (Å²) in [6.07, 6.45) is 5.21. The molecule has 1 amide bonds. The molecule has 3 N–H and O–H groups in total. The number of benzene rings is 1. The summed E-state index contributed by atoms with van der Waals surface area (Å²) in [6.45, 7) is 3.16. The topological polar surface area (TPSA) is 106 Å². The molecule has 3 aromatic rings. The number of nitrogens with zero attached hydrogens (tertiary/aromatic N) is 3. The van der Waals surface area contributed by atoms with E-state index in [1.807, 2.05) is 32.0 Å². The van der Waals surface area contributed by atoms with Crippen molar-refractivity contribution in [3.05, 3.63) is 35.8 Å². The lowest BCUT2D eigenvalue weighted by atomic mass is 9.99. The number of imidazole rings is 1. The van der Waals surface area contributed by atoms with Crippen LogP contribution in [-0.2, 0) is 6.42 Å². The number of aromatic amines is 1. The smallest absolute Gasteiger partial charge is 0.254 e. The van der Waals surface area contributed by atoms with E-state index in [1.165, 1.54) is 0 Å². The molecule has 8 nitrogen and oxygen atoms in total. The van der Waals surface area contributed by atoms with Gasteiger partial charge in [-0.1, -0.05) is 0 Å². The van der Waals surface area contributed by atoms with Crippen LogP contribution in [-0.4, -0.2) is 59.1 Å². The normalized spacial score (nSPS) is 14.5. The van der Waals surface area contributed by atoms with E-state index in [0.717, 1.165) is 29.5 Å². The predicted molar refractivity (Wildman–Crippen MR) is 110 cm³/mol. The molecule has 4 rings (SSSR count). The highest BCUT2D eigenvalue weighted by Gasteiger charge is 2.22. The number of aromatic nitrogens is 3. The molecule has 8 heteroatoms. The Bertz CT molecular complexity index is 1060. The van der Waals surface area contributed by atoms with E-state index in [2.05, 4.69) is 21.0 Å². The Kier molecular flexibility index (Phi) is 5.10. The van der Waals surface area contributed by atoms with E-state index in [-0.39, 0.29) is 6.04 Å². The summed E-state index contributed by atoms with van der Waals surface area (Å²) in [5, 5.41) is 0. The van der Waals surface area contributed by atoms with Crippen LogP contribution in [0.15, 0.2) is 24.7 Å². The van der Waals surface area contributed by atoms with Gasteiger partial charge < -0.3 is 25.1 Å². The minimum atomic E-state index is -0.560. The van der Waals surface area contributed by atoms with Crippen molar-refractivity contribution in [2.24, 2.45) is 5.73 Å². The number of primary amides is 1. The van der Waals surface area contributed by atoms with Crippen molar-refractivity contribution in [2.75, 3.05) is 27.3 Å². The summed E-state index contributed by atoms with van der Waals surface area (Å²) < 4.78 is 11.7. The Morgan fingerprint density at radius 1 is 1.38 bits per heavy atom. The first-order valence-corrected chi connectivity index (χ1v) is 9.67. The maximum Gasteiger partial charge on any atom is 0.254 e. The molecule has 0 unspecified atom stereocenters. The fourth-order valence-electron chi connectivity index (χ4n) is 3.41. The average molecular weight is 395 g/mol. The first-order valence-electron chi connectivity index (χ1n) is 9.67. The lowest BCUT2D eigenvalue weighted by Crippen LogP contribution is -2.31. The van der Waals surface area contributed by atoms with Crippen LogP contribution in [0.5, 0.6) is 11.6 Å². The number of aryl methyl sites for hydroxylation is 1. The van der Waals surface area contributed by atoms with Gasteiger partial charge in [0.15, 0.2) is 0 Å². The number of likely N-dealkylation sites (N-methyl/N-ethyl adjacent to an activating group) is 1. The van der Waals surface area contributed by atoms with Crippen LogP contribution in [0.2, 0.25) is 0 Å². The Hall–Kier alpha value is -3.13. The average Bonchev–Trinajstić information content (AvgIpc) is 3.19. The second-order valence-electron chi connectivity index (χ2n) is 7.55. The van der Waals surface area contributed by atoms with Crippen LogP contribution >= 0.6 is 0 Å². The maximum atomic E-state index is 12.2. The van der Waals surface area contributed by atoms with E-state index >= 15 is 0 Å². The Balaban J connectivity index is 1.83. The molecule has 3 heterocycles. The maximum absolute atomic E-state index is 12.2. The molecule has 1 aliphatic rings. The molecule has 0 aliphatic carbocycles. The standard InChI is InChI=1S/C21H25N5O3/c1-12(26(2)3)10-29-16-8-15(18-19(25-11-24-18)17(16)20(22)27)14-7-13-5-4-6-28-21(13)23-9-14/h7-9,11-12H,4-6,10H2,1-3H3,(H2,22,27)(H,24,25)/t12-/m1/s1. The van der Waals surface area contributed by atoms with Crippen LogP contribution in [0.25, 0.3) is 22.2 Å². The number of nitrogens with one attached hydrogen (secondary N) is 1. The molecule has 1 aromatic carbocycles. The van der Waals surface area contributed by atoms with Crippen molar-refractivity contribution in [3.8, 4) is 22.8 Å². The second kappa shape index (κ2) is 7.71. The highest BCUT2D eigenvalue weighted by atomic mass is 16.5. The lowest BCUT2D eigenvalue weighted by molar-refractivity contribution is 0.0996. The number of carbonyl (C=O) groups excluding carboxylic acids is 1. The Morgan fingerprint density at radius 2 is 2.21 bits per heavy atom. The highest BCUT2D eigenvalue weighted by Crippen LogP contribution is 2.37. The molecule has 0 saturated carbocycles. The van der Waals surface area contributed by atoms with Crippen molar-refractivity contribution in [1.82, 2.24) is 19.9 Å². The van der Waals surface area contributed by atoms with E-state index < -0.39 is 5.91 Å². The van der Waals surface area contributed by atoms with Gasteiger partial charge >= 0.3 is 0 Å². The van der Waals surface area contributed by atoms with Gasteiger partial charge in [0.25, 0.3) is 5.91 Å². The minimum Gasteiger partial charge on any atom is -0.491 e. The van der Waals surface area contributed by atoms with E-state index in [4.69, 9.17) is 15.2 Å². The van der Waals surface area contributed by atoms with Crippen LogP contribution in [0, 0.1) is 0 Å². The van der Waals surface area contributed by atoms with Crippen molar-refractivity contribution >= 4 is 16.9 Å². The second-order valence-corrected chi connectivity index (χ2v) is 7.55. The van der Waals surface area contributed by atoms with Crippen molar-refractivity contribution in [3.63, 3.8) is 0 Å². The number of hydrogen-bond donors (Lipinski definition) is 2. The molecule has 0 fully saturated rings. The highest BCUT2D eigenvalue weighted by molar-refractivity contribution is 6.10. The van der Waals surface area contributed by atoms with Gasteiger partial charge in [-0.3, -0.25) is 4.79 Å². The molecule has 0 saturated heterocycles. The SMILES string of the molecule is C[C@H](COc1cc(-c2cnc3c(c2)CCCO3)c2nc[nH]c2c1C(N)=O)N(C)C. The molecule has 152 valence electrons. The third kappa shape index (κ3) is 3.63. The number of carbonyl (C=O) groups is 1. The lowest BCUT2D eigenvalue weighted by Gasteiger charge is -2.21. The fraction of sp³-hybridized carbons (Fsp3) is 0.381. The van der Waals surface area contributed by atoms with Crippen molar-refractivity contribution in [2.45, 2.75) is 25.8 Å². The number of amides is 1. The van der Waals surface area contributed by atoms with Gasteiger partial charge in [0.1, 0.15) is 17.9 Å². The van der Waals surface area contributed by atoms with E-state index in [0.29, 0.717) is 41.4 Å². The van der Waals surface area contributed by atoms with Gasteiger partial charge in [0.05, 0.1) is 24.0 Å². The van der Waals surface area contributed by atoms with Gasteiger partial charge in [-0.25, -0.2) is 9.97 Å². The first kappa shape index (κ1) is 19.2. The van der Waals surface area contributed by atoms with Crippen molar-refractivity contribution < 1.29 is 14.3 Å². The molecule has 0 radical (unpaired) electrons. The molecule has 0 spiro atoms. The Labute approximate surface area is 169 Å². The van der Waals surface area contributed by atoms with Crippen molar-refractivity contribution in [1.29, 1.82) is 0 Å². The molecule has 29 heavy (non-hydrogen) atoms. The van der Waals surface area contributed by atoms with Gasteiger partial charge in [-0.15, -0.1) is 0 Å². The third-order valence-electron chi connectivity index (χ3n) is 5.34. The summed E-state index contributed by atoms with van der Waals surface area (Å²) in [5.74, 6) is 0.561. The largest absolute Gasteiger partial charge is 0.491 e. The number of hydrogen-bond acceptors (Lipinski definition) is 6. The van der Waals surface area contributed by atoms with Gasteiger partial charge in [0.2, 0.25) is 5.88 Å². The van der Waals surface area contributed by atoms with E-state index in [9.17, 15) is 4.79 Å². The third-order valence-corrected chi connectivity index (χ3v) is 5.34. The van der Waals surface area contributed by atoms with Crippen LogP contribution in [0.1, 0.15) is 29.3 Å². The molecular weight excluding hydrogens is 370 g/mol. The Morgan fingerprint density at radius 3 is 2.97 bits per heavy atom. The number of fused-ring (bicyclic) bond motifs is 2. The molecule has 1 aliphatic heterocycles. The summed E-state index contributed by atoms with van der Waals surface area (Å²) in [7, 11) is 3.96. The minimum absolute atomic E-state index is 0.166. The predicted octanol–water partition coefficient (Wildman–Crippen LogP) is 2.38. The van der Waals surface area contributed by atoms with Crippen LogP contribution in [0.4, 0.5) is 0 Å². The zero-order chi connectivity index (χ0) is 20.5. The van der Waals surface area contributed by atoms with Gasteiger partial charge in [-0.2, -0.15) is 0 Å². The van der Waals surface area contributed by atoms with Crippen LogP contribution in [0.3, 0.4) is 0 Å². The first-order chi connectivity index (χ1) is 14.0. The monoisotopic (exact) mass is 395 g/mol. The number of pyridine rings is 1. The molecule has 1 atom stereocenters. The number of ether oxygens (including phenoxy) is 2. The molecular formula is C21H25N5O3. The number of rotatable bonds is 6. The summed E-state index contributed by atoms with van der Waals surface area (Å²) in [6, 6.07) is 4.07.